The normalized spacial score (nSPS) is 33.8. The Morgan fingerprint density at radius 3 is 2.28 bits per heavy atom. The minimum Gasteiger partial charge on any atom is -0.377 e. The molecular formula is C16H31NO. The second-order valence-corrected chi connectivity index (χ2v) is 7.38. The predicted molar refractivity (Wildman–Crippen MR) is 76.7 cm³/mol. The predicted octanol–water partition coefficient (Wildman–Crippen LogP) is 3.61. The molecular weight excluding hydrogens is 222 g/mol. The highest BCUT2D eigenvalue weighted by atomic mass is 16.5. The zero-order chi connectivity index (χ0) is 13.0. The highest BCUT2D eigenvalue weighted by Gasteiger charge is 2.29. The number of hydrogen-bond donors (Lipinski definition) is 1. The van der Waals surface area contributed by atoms with Gasteiger partial charge in [0.2, 0.25) is 0 Å². The monoisotopic (exact) mass is 253 g/mol. The van der Waals surface area contributed by atoms with Gasteiger partial charge >= 0.3 is 0 Å². The number of hydrogen-bond acceptors (Lipinski definition) is 2. The van der Waals surface area contributed by atoms with Gasteiger partial charge in [0.25, 0.3) is 0 Å². The summed E-state index contributed by atoms with van der Waals surface area (Å²) in [4.78, 5) is 0. The van der Waals surface area contributed by atoms with Crippen molar-refractivity contribution in [1.29, 1.82) is 0 Å². The molecule has 0 amide bonds. The minimum absolute atomic E-state index is 0.496. The molecule has 2 aliphatic rings. The first-order chi connectivity index (χ1) is 8.55. The summed E-state index contributed by atoms with van der Waals surface area (Å²) in [6.45, 7) is 10.4. The van der Waals surface area contributed by atoms with Crippen LogP contribution in [0.15, 0.2) is 0 Å². The van der Waals surface area contributed by atoms with E-state index >= 15 is 0 Å². The van der Waals surface area contributed by atoms with Crippen molar-refractivity contribution in [3.05, 3.63) is 0 Å². The molecule has 18 heavy (non-hydrogen) atoms. The molecule has 1 aliphatic carbocycles. The van der Waals surface area contributed by atoms with Crippen LogP contribution in [0.4, 0.5) is 0 Å². The molecule has 2 fully saturated rings. The Kier molecular flexibility index (Phi) is 5.08. The lowest BCUT2D eigenvalue weighted by Gasteiger charge is -2.37. The van der Waals surface area contributed by atoms with E-state index in [1.807, 2.05) is 0 Å². The molecule has 0 aromatic heterocycles. The highest BCUT2D eigenvalue weighted by molar-refractivity contribution is 4.81. The molecule has 0 radical (unpaired) electrons. The van der Waals surface area contributed by atoms with E-state index < -0.39 is 0 Å². The van der Waals surface area contributed by atoms with Crippen LogP contribution in [0.5, 0.6) is 0 Å². The summed E-state index contributed by atoms with van der Waals surface area (Å²) in [5, 5.41) is 3.63. The van der Waals surface area contributed by atoms with Crippen molar-refractivity contribution < 1.29 is 4.74 Å². The van der Waals surface area contributed by atoms with Gasteiger partial charge in [-0.25, -0.2) is 0 Å². The lowest BCUT2D eigenvalue weighted by atomic mass is 9.70. The number of ether oxygens (including phenoxy) is 1. The van der Waals surface area contributed by atoms with Crippen LogP contribution in [0.3, 0.4) is 0 Å². The third-order valence-electron chi connectivity index (χ3n) is 4.90. The van der Waals surface area contributed by atoms with Gasteiger partial charge in [0.1, 0.15) is 0 Å². The molecule has 2 nitrogen and oxygen atoms in total. The van der Waals surface area contributed by atoms with E-state index in [2.05, 4.69) is 26.1 Å². The first-order valence-corrected chi connectivity index (χ1v) is 7.88. The summed E-state index contributed by atoms with van der Waals surface area (Å²) in [7, 11) is 0. The Morgan fingerprint density at radius 1 is 1.00 bits per heavy atom. The fraction of sp³-hybridized carbons (Fsp3) is 1.00. The molecule has 0 bridgehead atoms. The Morgan fingerprint density at radius 2 is 1.72 bits per heavy atom. The van der Waals surface area contributed by atoms with Gasteiger partial charge in [0, 0.05) is 13.2 Å². The molecule has 1 saturated carbocycles. The van der Waals surface area contributed by atoms with Crippen molar-refractivity contribution in [3.63, 3.8) is 0 Å². The standard InChI is InChI=1S/C16H31NO/c1-16(2,3)14-8-6-13(7-9-14)11-17-12-15-5-4-10-18-15/h13-15,17H,4-12H2,1-3H3. The molecule has 2 rings (SSSR count). The lowest BCUT2D eigenvalue weighted by Crippen LogP contribution is -2.34. The first-order valence-electron chi connectivity index (χ1n) is 7.88. The van der Waals surface area contributed by atoms with E-state index in [1.54, 1.807) is 0 Å². The molecule has 1 heterocycles. The molecule has 2 heteroatoms. The molecule has 1 N–H and O–H groups in total. The second kappa shape index (κ2) is 6.38. The topological polar surface area (TPSA) is 21.3 Å². The van der Waals surface area contributed by atoms with Crippen LogP contribution < -0.4 is 5.32 Å². The molecule has 106 valence electrons. The fourth-order valence-corrected chi connectivity index (χ4v) is 3.49. The zero-order valence-corrected chi connectivity index (χ0v) is 12.5. The highest BCUT2D eigenvalue weighted by Crippen LogP contribution is 2.39. The van der Waals surface area contributed by atoms with Crippen LogP contribution in [0.25, 0.3) is 0 Å². The summed E-state index contributed by atoms with van der Waals surface area (Å²) in [6.07, 6.45) is 8.69. The van der Waals surface area contributed by atoms with Gasteiger partial charge in [-0.1, -0.05) is 20.8 Å². The van der Waals surface area contributed by atoms with Crippen molar-refractivity contribution in [3.8, 4) is 0 Å². The summed E-state index contributed by atoms with van der Waals surface area (Å²) in [5.74, 6) is 1.84. The molecule has 1 unspecified atom stereocenters. The second-order valence-electron chi connectivity index (χ2n) is 7.38. The largest absolute Gasteiger partial charge is 0.377 e. The summed E-state index contributed by atoms with van der Waals surface area (Å²) in [6, 6.07) is 0. The average molecular weight is 253 g/mol. The molecule has 1 saturated heterocycles. The summed E-state index contributed by atoms with van der Waals surface area (Å²) in [5.41, 5.74) is 0.510. The van der Waals surface area contributed by atoms with Crippen molar-refractivity contribution >= 4 is 0 Å². The Balaban J connectivity index is 1.58. The zero-order valence-electron chi connectivity index (χ0n) is 12.5. The number of nitrogens with one attached hydrogen (secondary N) is 1. The maximum absolute atomic E-state index is 5.64. The van der Waals surface area contributed by atoms with E-state index in [4.69, 9.17) is 4.74 Å². The van der Waals surface area contributed by atoms with Gasteiger partial charge in [0.05, 0.1) is 6.10 Å². The minimum atomic E-state index is 0.496. The lowest BCUT2D eigenvalue weighted by molar-refractivity contribution is 0.106. The smallest absolute Gasteiger partial charge is 0.0700 e. The van der Waals surface area contributed by atoms with Crippen molar-refractivity contribution in [2.45, 2.75) is 65.4 Å². The molecule has 0 aromatic carbocycles. The maximum Gasteiger partial charge on any atom is 0.0700 e. The van der Waals surface area contributed by atoms with Crippen LogP contribution >= 0.6 is 0 Å². The van der Waals surface area contributed by atoms with Gasteiger partial charge in [-0.15, -0.1) is 0 Å². The van der Waals surface area contributed by atoms with Crippen LogP contribution in [0.1, 0.15) is 59.3 Å². The first kappa shape index (κ1) is 14.3. The van der Waals surface area contributed by atoms with Crippen LogP contribution in [0.2, 0.25) is 0 Å². The van der Waals surface area contributed by atoms with E-state index in [9.17, 15) is 0 Å². The van der Waals surface area contributed by atoms with E-state index in [1.165, 1.54) is 45.1 Å². The van der Waals surface area contributed by atoms with Crippen LogP contribution in [-0.4, -0.2) is 25.8 Å². The van der Waals surface area contributed by atoms with Crippen LogP contribution in [0, 0.1) is 17.3 Å². The third kappa shape index (κ3) is 4.24. The third-order valence-corrected chi connectivity index (χ3v) is 4.90. The molecule has 1 aliphatic heterocycles. The van der Waals surface area contributed by atoms with E-state index in [0.717, 1.165) is 25.0 Å². The van der Waals surface area contributed by atoms with Gasteiger partial charge in [-0.2, -0.15) is 0 Å². The molecule has 0 spiro atoms. The SMILES string of the molecule is CC(C)(C)C1CCC(CNCC2CCCO2)CC1. The van der Waals surface area contributed by atoms with Gasteiger partial charge in [-0.3, -0.25) is 0 Å². The molecule has 0 aromatic rings. The fourth-order valence-electron chi connectivity index (χ4n) is 3.49. The number of rotatable bonds is 4. The van der Waals surface area contributed by atoms with E-state index in [-0.39, 0.29) is 0 Å². The Labute approximate surface area is 113 Å². The van der Waals surface area contributed by atoms with Gasteiger partial charge in [-0.05, 0) is 62.3 Å². The van der Waals surface area contributed by atoms with Crippen molar-refractivity contribution in [1.82, 2.24) is 5.32 Å². The van der Waals surface area contributed by atoms with E-state index in [0.29, 0.717) is 11.5 Å². The molecule has 1 atom stereocenters. The van der Waals surface area contributed by atoms with Crippen molar-refractivity contribution in [2.75, 3.05) is 19.7 Å². The van der Waals surface area contributed by atoms with Crippen LogP contribution in [-0.2, 0) is 4.74 Å². The summed E-state index contributed by atoms with van der Waals surface area (Å²) < 4.78 is 5.64. The quantitative estimate of drug-likeness (QED) is 0.826. The Bertz CT molecular complexity index is 232. The van der Waals surface area contributed by atoms with Gasteiger partial charge in [0.15, 0.2) is 0 Å². The van der Waals surface area contributed by atoms with Crippen molar-refractivity contribution in [2.24, 2.45) is 17.3 Å². The maximum atomic E-state index is 5.64. The Hall–Kier alpha value is -0.0800. The van der Waals surface area contributed by atoms with Gasteiger partial charge < -0.3 is 10.1 Å². The average Bonchev–Trinajstić information content (AvgIpc) is 2.82. The summed E-state index contributed by atoms with van der Waals surface area (Å²) >= 11 is 0.